The fourth-order valence-corrected chi connectivity index (χ4v) is 2.00. The summed E-state index contributed by atoms with van der Waals surface area (Å²) in [7, 11) is 0. The molecule has 0 saturated carbocycles. The maximum atomic E-state index is 11.8. The Morgan fingerprint density at radius 3 is 2.89 bits per heavy atom. The van der Waals surface area contributed by atoms with Crippen molar-refractivity contribution in [2.45, 2.75) is 5.92 Å². The van der Waals surface area contributed by atoms with Crippen LogP contribution in [-0.2, 0) is 9.53 Å². The molecule has 0 fully saturated rings. The standard InChI is InChI=1S/C13H13NO4/c1-2-7-18-13(17)14-8-10(12(15)16)9-5-3-4-6-11(9)14/h2-6,10H,1,7-8H2,(H,15,16). The van der Waals surface area contributed by atoms with Crippen molar-refractivity contribution in [2.24, 2.45) is 0 Å². The van der Waals surface area contributed by atoms with Crippen LogP contribution in [0.15, 0.2) is 36.9 Å². The number of amides is 1. The molecule has 18 heavy (non-hydrogen) atoms. The molecule has 1 aliphatic heterocycles. The van der Waals surface area contributed by atoms with E-state index in [2.05, 4.69) is 6.58 Å². The van der Waals surface area contributed by atoms with E-state index in [-0.39, 0.29) is 13.2 Å². The van der Waals surface area contributed by atoms with Gasteiger partial charge in [0.05, 0.1) is 5.69 Å². The van der Waals surface area contributed by atoms with Crippen molar-refractivity contribution in [3.8, 4) is 0 Å². The van der Waals surface area contributed by atoms with E-state index in [4.69, 9.17) is 9.84 Å². The van der Waals surface area contributed by atoms with E-state index < -0.39 is 18.0 Å². The molecule has 1 atom stereocenters. The number of aliphatic carboxylic acids is 1. The average Bonchev–Trinajstić information content (AvgIpc) is 2.75. The molecule has 1 aromatic rings. The highest BCUT2D eigenvalue weighted by Crippen LogP contribution is 2.36. The van der Waals surface area contributed by atoms with E-state index >= 15 is 0 Å². The van der Waals surface area contributed by atoms with Crippen molar-refractivity contribution < 1.29 is 19.4 Å². The maximum Gasteiger partial charge on any atom is 0.414 e. The highest BCUT2D eigenvalue weighted by Gasteiger charge is 2.36. The van der Waals surface area contributed by atoms with Crippen LogP contribution < -0.4 is 4.90 Å². The summed E-state index contributed by atoms with van der Waals surface area (Å²) in [5, 5.41) is 9.14. The lowest BCUT2D eigenvalue weighted by atomic mass is 10.0. The fraction of sp³-hybridized carbons (Fsp3) is 0.231. The number of carbonyl (C=O) groups is 2. The molecule has 1 amide bonds. The third kappa shape index (κ3) is 2.07. The van der Waals surface area contributed by atoms with Crippen LogP contribution in [0.25, 0.3) is 0 Å². The molecule has 1 unspecified atom stereocenters. The zero-order valence-electron chi connectivity index (χ0n) is 9.70. The van der Waals surface area contributed by atoms with Crippen molar-refractivity contribution in [3.05, 3.63) is 42.5 Å². The van der Waals surface area contributed by atoms with Crippen molar-refractivity contribution in [1.82, 2.24) is 0 Å². The summed E-state index contributed by atoms with van der Waals surface area (Å²) in [4.78, 5) is 24.3. The Hall–Kier alpha value is -2.30. The van der Waals surface area contributed by atoms with Crippen LogP contribution >= 0.6 is 0 Å². The van der Waals surface area contributed by atoms with Gasteiger partial charge in [-0.2, -0.15) is 0 Å². The van der Waals surface area contributed by atoms with E-state index in [1.165, 1.54) is 11.0 Å². The van der Waals surface area contributed by atoms with Gasteiger partial charge in [-0.1, -0.05) is 30.9 Å². The minimum Gasteiger partial charge on any atom is -0.481 e. The summed E-state index contributed by atoms with van der Waals surface area (Å²) in [5.74, 6) is -1.64. The highest BCUT2D eigenvalue weighted by molar-refractivity contribution is 5.95. The summed E-state index contributed by atoms with van der Waals surface area (Å²) in [6.07, 6.45) is 0.917. The molecule has 0 aliphatic carbocycles. The molecule has 94 valence electrons. The number of carboxylic acids is 1. The summed E-state index contributed by atoms with van der Waals surface area (Å²) in [5.41, 5.74) is 1.24. The molecule has 2 rings (SSSR count). The Bertz CT molecular complexity index is 498. The predicted molar refractivity (Wildman–Crippen MR) is 65.7 cm³/mol. The van der Waals surface area contributed by atoms with Crippen LogP contribution in [0.5, 0.6) is 0 Å². The lowest BCUT2D eigenvalue weighted by Gasteiger charge is -2.16. The number of rotatable bonds is 3. The molecule has 5 nitrogen and oxygen atoms in total. The monoisotopic (exact) mass is 247 g/mol. The van der Waals surface area contributed by atoms with Crippen LogP contribution in [0.3, 0.4) is 0 Å². The van der Waals surface area contributed by atoms with Gasteiger partial charge in [0.25, 0.3) is 0 Å². The largest absolute Gasteiger partial charge is 0.481 e. The van der Waals surface area contributed by atoms with Crippen molar-refractivity contribution in [3.63, 3.8) is 0 Å². The highest BCUT2D eigenvalue weighted by atomic mass is 16.6. The number of benzene rings is 1. The predicted octanol–water partition coefficient (Wildman–Crippen LogP) is 2.00. The van der Waals surface area contributed by atoms with Gasteiger partial charge in [0.2, 0.25) is 0 Å². The van der Waals surface area contributed by atoms with E-state index in [0.717, 1.165) is 0 Å². The number of fused-ring (bicyclic) bond motifs is 1. The number of carbonyl (C=O) groups excluding carboxylic acids is 1. The van der Waals surface area contributed by atoms with Gasteiger partial charge in [-0.05, 0) is 11.6 Å². The maximum absolute atomic E-state index is 11.8. The van der Waals surface area contributed by atoms with Gasteiger partial charge >= 0.3 is 12.1 Å². The van der Waals surface area contributed by atoms with E-state index in [1.807, 2.05) is 0 Å². The molecule has 0 bridgehead atoms. The third-order valence-electron chi connectivity index (χ3n) is 2.81. The van der Waals surface area contributed by atoms with Crippen LogP contribution in [0.2, 0.25) is 0 Å². The van der Waals surface area contributed by atoms with Crippen LogP contribution in [0.1, 0.15) is 11.5 Å². The lowest BCUT2D eigenvalue weighted by molar-refractivity contribution is -0.138. The third-order valence-corrected chi connectivity index (χ3v) is 2.81. The summed E-state index contributed by atoms with van der Waals surface area (Å²) in [6.45, 7) is 3.67. The zero-order chi connectivity index (χ0) is 13.1. The quantitative estimate of drug-likeness (QED) is 0.829. The number of hydrogen-bond donors (Lipinski definition) is 1. The minimum absolute atomic E-state index is 0.102. The molecule has 1 N–H and O–H groups in total. The Morgan fingerprint density at radius 1 is 1.50 bits per heavy atom. The molecule has 0 radical (unpaired) electrons. The lowest BCUT2D eigenvalue weighted by Crippen LogP contribution is -2.31. The van der Waals surface area contributed by atoms with Crippen molar-refractivity contribution >= 4 is 17.7 Å². The first-order valence-electron chi connectivity index (χ1n) is 5.52. The number of ether oxygens (including phenoxy) is 1. The molecule has 0 aromatic heterocycles. The van der Waals surface area contributed by atoms with Crippen LogP contribution in [0, 0.1) is 0 Å². The van der Waals surface area contributed by atoms with Gasteiger partial charge in [0.1, 0.15) is 12.5 Å². The number of nitrogens with zero attached hydrogens (tertiary/aromatic N) is 1. The first-order valence-corrected chi connectivity index (χ1v) is 5.52. The Morgan fingerprint density at radius 2 is 2.22 bits per heavy atom. The molecule has 5 heteroatoms. The molecular weight excluding hydrogens is 234 g/mol. The summed E-state index contributed by atoms with van der Waals surface area (Å²) >= 11 is 0. The Balaban J connectivity index is 2.28. The van der Waals surface area contributed by atoms with Gasteiger partial charge < -0.3 is 9.84 Å². The zero-order valence-corrected chi connectivity index (χ0v) is 9.70. The second-order valence-corrected chi connectivity index (χ2v) is 3.93. The average molecular weight is 247 g/mol. The van der Waals surface area contributed by atoms with Gasteiger partial charge in [-0.25, -0.2) is 4.79 Å². The Labute approximate surface area is 104 Å². The molecule has 0 spiro atoms. The van der Waals surface area contributed by atoms with E-state index in [9.17, 15) is 9.59 Å². The summed E-state index contributed by atoms with van der Waals surface area (Å²) in [6, 6.07) is 6.95. The first-order chi connectivity index (χ1) is 8.65. The second-order valence-electron chi connectivity index (χ2n) is 3.93. The van der Waals surface area contributed by atoms with Gasteiger partial charge in [0, 0.05) is 6.54 Å². The van der Waals surface area contributed by atoms with E-state index in [1.54, 1.807) is 24.3 Å². The normalized spacial score (nSPS) is 17.1. The van der Waals surface area contributed by atoms with Gasteiger partial charge in [0.15, 0.2) is 0 Å². The SMILES string of the molecule is C=CCOC(=O)N1CC(C(=O)O)c2ccccc21. The minimum atomic E-state index is -0.943. The van der Waals surface area contributed by atoms with Crippen LogP contribution in [-0.4, -0.2) is 30.3 Å². The Kier molecular flexibility index (Phi) is 3.32. The molecular formula is C13H13NO4. The fourth-order valence-electron chi connectivity index (χ4n) is 2.00. The smallest absolute Gasteiger partial charge is 0.414 e. The molecule has 1 heterocycles. The number of para-hydroxylation sites is 1. The van der Waals surface area contributed by atoms with Crippen molar-refractivity contribution in [1.29, 1.82) is 0 Å². The number of anilines is 1. The van der Waals surface area contributed by atoms with Crippen LogP contribution in [0.4, 0.5) is 10.5 Å². The van der Waals surface area contributed by atoms with E-state index in [0.29, 0.717) is 11.3 Å². The second kappa shape index (κ2) is 4.91. The van der Waals surface area contributed by atoms with Gasteiger partial charge in [-0.3, -0.25) is 9.69 Å². The summed E-state index contributed by atoms with van der Waals surface area (Å²) < 4.78 is 4.94. The first kappa shape index (κ1) is 12.2. The number of hydrogen-bond acceptors (Lipinski definition) is 3. The topological polar surface area (TPSA) is 66.8 Å². The molecule has 0 saturated heterocycles. The van der Waals surface area contributed by atoms with Gasteiger partial charge in [-0.15, -0.1) is 0 Å². The molecule has 1 aliphatic rings. The number of carboxylic acid groups (broad SMARTS) is 1. The molecule has 1 aromatic carbocycles. The van der Waals surface area contributed by atoms with Crippen molar-refractivity contribution in [2.75, 3.05) is 18.1 Å².